The second kappa shape index (κ2) is 12.7. The van der Waals surface area contributed by atoms with Crippen molar-refractivity contribution in [3.8, 4) is 17.2 Å². The number of hydrogen-bond donors (Lipinski definition) is 2. The van der Waals surface area contributed by atoms with Gasteiger partial charge in [-0.3, -0.25) is 5.41 Å². The molecule has 3 rings (SSSR count). The molecule has 0 atom stereocenters. The van der Waals surface area contributed by atoms with Crippen molar-refractivity contribution in [1.82, 2.24) is 0 Å². The standard InChI is InChI=1S/C28H37N3.ClH/c1-2-3-4-5-6-7-18-28(21-29)19-16-25(17-20-28)24-10-8-22(9-11-24)23-12-14-26(15-13-23)27(30)31;/h8-15,25H,2-7,16-20H2,1H3,(H3,30,31);1H. The number of amidine groups is 1. The Kier molecular flexibility index (Phi) is 10.3. The quantitative estimate of drug-likeness (QED) is 0.218. The first-order valence-electron chi connectivity index (χ1n) is 12.0. The average molecular weight is 452 g/mol. The number of benzene rings is 2. The second-order valence-electron chi connectivity index (χ2n) is 9.30. The van der Waals surface area contributed by atoms with E-state index in [0.29, 0.717) is 5.92 Å². The van der Waals surface area contributed by atoms with Gasteiger partial charge < -0.3 is 5.73 Å². The summed E-state index contributed by atoms with van der Waals surface area (Å²) in [7, 11) is 0. The van der Waals surface area contributed by atoms with Gasteiger partial charge >= 0.3 is 0 Å². The zero-order valence-electron chi connectivity index (χ0n) is 19.4. The van der Waals surface area contributed by atoms with Crippen LogP contribution in [0, 0.1) is 22.2 Å². The van der Waals surface area contributed by atoms with Crippen LogP contribution >= 0.6 is 12.4 Å². The van der Waals surface area contributed by atoms with E-state index in [4.69, 9.17) is 11.1 Å². The van der Waals surface area contributed by atoms with E-state index in [2.05, 4.69) is 37.3 Å². The van der Waals surface area contributed by atoms with Crippen molar-refractivity contribution < 1.29 is 0 Å². The first kappa shape index (κ1) is 25.9. The first-order chi connectivity index (χ1) is 15.1. The molecule has 0 heterocycles. The van der Waals surface area contributed by atoms with Crippen molar-refractivity contribution in [3.63, 3.8) is 0 Å². The third kappa shape index (κ3) is 6.84. The lowest BCUT2D eigenvalue weighted by atomic mass is 9.67. The summed E-state index contributed by atoms with van der Waals surface area (Å²) in [6, 6.07) is 19.5. The molecule has 32 heavy (non-hydrogen) atoms. The number of nitrogen functional groups attached to an aromatic ring is 1. The summed E-state index contributed by atoms with van der Waals surface area (Å²) in [5, 5.41) is 17.4. The van der Waals surface area contributed by atoms with Crippen LogP contribution in [0.25, 0.3) is 11.1 Å². The molecule has 3 N–H and O–H groups in total. The van der Waals surface area contributed by atoms with Crippen molar-refractivity contribution in [2.45, 2.75) is 83.5 Å². The minimum atomic E-state index is -0.0837. The number of hydrogen-bond acceptors (Lipinski definition) is 2. The highest BCUT2D eigenvalue weighted by atomic mass is 35.5. The third-order valence-electron chi connectivity index (χ3n) is 7.10. The minimum Gasteiger partial charge on any atom is -0.384 e. The molecule has 0 aromatic heterocycles. The molecule has 172 valence electrons. The molecule has 1 fully saturated rings. The van der Waals surface area contributed by atoms with E-state index in [1.165, 1.54) is 49.7 Å². The van der Waals surface area contributed by atoms with E-state index < -0.39 is 0 Å². The van der Waals surface area contributed by atoms with Crippen molar-refractivity contribution >= 4 is 18.2 Å². The Morgan fingerprint density at radius 3 is 2.00 bits per heavy atom. The molecule has 1 saturated carbocycles. The fourth-order valence-electron chi connectivity index (χ4n) is 4.96. The van der Waals surface area contributed by atoms with Gasteiger partial charge in [0.1, 0.15) is 5.84 Å². The highest BCUT2D eigenvalue weighted by Crippen LogP contribution is 2.45. The van der Waals surface area contributed by atoms with Crippen LogP contribution in [0.2, 0.25) is 0 Å². The Balaban J connectivity index is 0.00000363. The molecule has 1 aliphatic carbocycles. The van der Waals surface area contributed by atoms with Gasteiger partial charge in [0.2, 0.25) is 0 Å². The summed E-state index contributed by atoms with van der Waals surface area (Å²) in [4.78, 5) is 0. The lowest BCUT2D eigenvalue weighted by Crippen LogP contribution is -2.25. The van der Waals surface area contributed by atoms with Gasteiger partial charge in [-0.05, 0) is 54.7 Å². The molecule has 0 bridgehead atoms. The molecule has 2 aromatic carbocycles. The Bertz CT molecular complexity index is 872. The normalized spacial score (nSPS) is 20.2. The van der Waals surface area contributed by atoms with Gasteiger partial charge in [0, 0.05) is 5.56 Å². The maximum atomic E-state index is 9.88. The van der Waals surface area contributed by atoms with Crippen molar-refractivity contribution in [2.75, 3.05) is 0 Å². The van der Waals surface area contributed by atoms with Crippen LogP contribution in [0.5, 0.6) is 0 Å². The van der Waals surface area contributed by atoms with Crippen molar-refractivity contribution in [2.24, 2.45) is 11.1 Å². The molecule has 2 aromatic rings. The largest absolute Gasteiger partial charge is 0.384 e. The van der Waals surface area contributed by atoms with Gasteiger partial charge in [0.05, 0.1) is 11.5 Å². The van der Waals surface area contributed by atoms with Crippen LogP contribution in [0.1, 0.15) is 94.6 Å². The fourth-order valence-corrected chi connectivity index (χ4v) is 4.96. The number of nitrogens with zero attached hydrogens (tertiary/aromatic N) is 1. The molecule has 3 nitrogen and oxygen atoms in total. The molecule has 0 unspecified atom stereocenters. The van der Waals surface area contributed by atoms with E-state index in [1.54, 1.807) is 0 Å². The Morgan fingerprint density at radius 1 is 0.938 bits per heavy atom. The van der Waals surface area contributed by atoms with Crippen LogP contribution in [0.15, 0.2) is 48.5 Å². The zero-order chi connectivity index (χ0) is 22.1. The van der Waals surface area contributed by atoms with Crippen molar-refractivity contribution in [1.29, 1.82) is 10.7 Å². The highest BCUT2D eigenvalue weighted by molar-refractivity contribution is 5.95. The maximum absolute atomic E-state index is 9.88. The van der Waals surface area contributed by atoms with Gasteiger partial charge in [-0.1, -0.05) is 94.0 Å². The minimum absolute atomic E-state index is 0. The predicted molar refractivity (Wildman–Crippen MR) is 137 cm³/mol. The summed E-state index contributed by atoms with van der Waals surface area (Å²) < 4.78 is 0. The van der Waals surface area contributed by atoms with Gasteiger partial charge in [-0.15, -0.1) is 12.4 Å². The van der Waals surface area contributed by atoms with Crippen LogP contribution in [-0.4, -0.2) is 5.84 Å². The summed E-state index contributed by atoms with van der Waals surface area (Å²) in [5.41, 5.74) is 9.94. The van der Waals surface area contributed by atoms with Crippen LogP contribution in [-0.2, 0) is 0 Å². The first-order valence-corrected chi connectivity index (χ1v) is 12.0. The molecule has 0 spiro atoms. The van der Waals surface area contributed by atoms with Crippen molar-refractivity contribution in [3.05, 3.63) is 59.7 Å². The molecule has 4 heteroatoms. The summed E-state index contributed by atoms with van der Waals surface area (Å²) in [6.45, 7) is 2.25. The number of nitrogens with two attached hydrogens (primary N) is 1. The van der Waals surface area contributed by atoms with E-state index in [-0.39, 0.29) is 23.7 Å². The second-order valence-corrected chi connectivity index (χ2v) is 9.30. The number of halogens is 1. The van der Waals surface area contributed by atoms with Crippen LogP contribution in [0.4, 0.5) is 0 Å². The van der Waals surface area contributed by atoms with Gasteiger partial charge in [0.25, 0.3) is 0 Å². The summed E-state index contributed by atoms with van der Waals surface area (Å²) >= 11 is 0. The summed E-state index contributed by atoms with van der Waals surface area (Å²) in [5.74, 6) is 0.671. The van der Waals surface area contributed by atoms with Crippen LogP contribution in [0.3, 0.4) is 0 Å². The maximum Gasteiger partial charge on any atom is 0.122 e. The molecule has 0 amide bonds. The molecule has 0 aliphatic heterocycles. The predicted octanol–water partition coefficient (Wildman–Crippen LogP) is 7.98. The Labute approximate surface area is 200 Å². The molecular formula is C28H38ClN3. The number of unbranched alkanes of at least 4 members (excludes halogenated alkanes) is 5. The monoisotopic (exact) mass is 451 g/mol. The number of rotatable bonds is 10. The zero-order valence-corrected chi connectivity index (χ0v) is 20.2. The van der Waals surface area contributed by atoms with E-state index in [9.17, 15) is 5.26 Å². The fraction of sp³-hybridized carbons (Fsp3) is 0.500. The SMILES string of the molecule is CCCCCCCCC1(C#N)CCC(c2ccc(-c3ccc(C(=N)N)cc3)cc2)CC1.Cl. The Hall–Kier alpha value is -2.31. The van der Waals surface area contributed by atoms with Gasteiger partial charge in [-0.25, -0.2) is 0 Å². The topological polar surface area (TPSA) is 73.7 Å². The molecule has 1 aliphatic rings. The number of nitriles is 1. The van der Waals surface area contributed by atoms with Crippen LogP contribution < -0.4 is 5.73 Å². The number of nitrogens with one attached hydrogen (secondary N) is 1. The van der Waals surface area contributed by atoms with E-state index in [0.717, 1.165) is 43.2 Å². The lowest BCUT2D eigenvalue weighted by Gasteiger charge is -2.35. The molecular weight excluding hydrogens is 414 g/mol. The lowest BCUT2D eigenvalue weighted by molar-refractivity contribution is 0.223. The highest BCUT2D eigenvalue weighted by Gasteiger charge is 2.35. The van der Waals surface area contributed by atoms with Gasteiger partial charge in [-0.2, -0.15) is 5.26 Å². The Morgan fingerprint density at radius 2 is 1.47 bits per heavy atom. The third-order valence-corrected chi connectivity index (χ3v) is 7.10. The smallest absolute Gasteiger partial charge is 0.122 e. The summed E-state index contributed by atoms with van der Waals surface area (Å²) in [6.07, 6.45) is 13.2. The van der Waals surface area contributed by atoms with Gasteiger partial charge in [0.15, 0.2) is 0 Å². The van der Waals surface area contributed by atoms with E-state index >= 15 is 0 Å². The van der Waals surface area contributed by atoms with E-state index in [1.807, 2.05) is 24.3 Å². The molecule has 0 saturated heterocycles. The molecule has 0 radical (unpaired) electrons. The average Bonchev–Trinajstić information content (AvgIpc) is 2.82.